The summed E-state index contributed by atoms with van der Waals surface area (Å²) in [4.78, 5) is 4.05. The smallest absolute Gasteiger partial charge is 0.238 e. The van der Waals surface area contributed by atoms with Crippen LogP contribution in [0.3, 0.4) is 0 Å². The second-order valence-electron chi connectivity index (χ2n) is 7.14. The van der Waals surface area contributed by atoms with Crippen LogP contribution in [0.25, 0.3) is 0 Å². The summed E-state index contributed by atoms with van der Waals surface area (Å²) in [6.07, 6.45) is 1.07. The van der Waals surface area contributed by atoms with Gasteiger partial charge in [0, 0.05) is 38.1 Å². The molecular formula is C19H25N3O4S2. The molecule has 1 heterocycles. The first kappa shape index (κ1) is 20.6. The first-order chi connectivity index (χ1) is 13.0. The Morgan fingerprint density at radius 1 is 0.857 bits per heavy atom. The minimum atomic E-state index is -3.98. The van der Waals surface area contributed by atoms with Crippen molar-refractivity contribution in [2.45, 2.75) is 23.6 Å². The molecule has 0 spiro atoms. The number of benzene rings is 2. The highest BCUT2D eigenvalue weighted by Gasteiger charge is 2.25. The summed E-state index contributed by atoms with van der Waals surface area (Å²) in [5.74, 6) is 0. The van der Waals surface area contributed by atoms with Gasteiger partial charge in [-0.05, 0) is 49.2 Å². The van der Waals surface area contributed by atoms with Crippen LogP contribution in [0, 0.1) is 13.8 Å². The number of sulfone groups is 1. The van der Waals surface area contributed by atoms with Crippen LogP contribution in [0.2, 0.25) is 0 Å². The van der Waals surface area contributed by atoms with Crippen molar-refractivity contribution < 1.29 is 16.8 Å². The van der Waals surface area contributed by atoms with Crippen LogP contribution in [0.5, 0.6) is 0 Å². The fourth-order valence-electron chi connectivity index (χ4n) is 3.50. The van der Waals surface area contributed by atoms with Crippen molar-refractivity contribution in [1.29, 1.82) is 0 Å². The molecule has 152 valence electrons. The summed E-state index contributed by atoms with van der Waals surface area (Å²) in [6.45, 7) is 6.93. The van der Waals surface area contributed by atoms with Crippen molar-refractivity contribution >= 4 is 31.2 Å². The summed E-state index contributed by atoms with van der Waals surface area (Å²) >= 11 is 0. The third-order valence-electron chi connectivity index (χ3n) is 5.20. The summed E-state index contributed by atoms with van der Waals surface area (Å²) in [5, 5.41) is 5.16. The third kappa shape index (κ3) is 4.16. The number of hydrogen-bond donors (Lipinski definition) is 1. The highest BCUT2D eigenvalue weighted by molar-refractivity contribution is 7.91. The molecule has 0 atom stereocenters. The van der Waals surface area contributed by atoms with E-state index in [0.717, 1.165) is 25.4 Å². The molecule has 0 saturated carbocycles. The predicted octanol–water partition coefficient (Wildman–Crippen LogP) is 1.68. The van der Waals surface area contributed by atoms with Crippen LogP contribution in [-0.4, -0.2) is 49.3 Å². The van der Waals surface area contributed by atoms with Crippen LogP contribution in [0.1, 0.15) is 11.1 Å². The van der Waals surface area contributed by atoms with Gasteiger partial charge in [-0.1, -0.05) is 12.1 Å². The number of hydrogen-bond acceptors (Lipinski definition) is 6. The zero-order valence-corrected chi connectivity index (χ0v) is 17.8. The van der Waals surface area contributed by atoms with Gasteiger partial charge in [0.05, 0.1) is 15.5 Å². The zero-order chi connectivity index (χ0) is 20.7. The zero-order valence-electron chi connectivity index (χ0n) is 16.2. The second kappa shape index (κ2) is 7.38. The second-order valence-corrected chi connectivity index (χ2v) is 10.7. The molecule has 0 aliphatic carbocycles. The van der Waals surface area contributed by atoms with Gasteiger partial charge in [0.2, 0.25) is 10.0 Å². The Bertz CT molecular complexity index is 1100. The maximum atomic E-state index is 12.3. The number of rotatable bonds is 4. The van der Waals surface area contributed by atoms with Crippen molar-refractivity contribution in [1.82, 2.24) is 0 Å². The molecule has 28 heavy (non-hydrogen) atoms. The molecule has 2 aromatic carbocycles. The quantitative estimate of drug-likeness (QED) is 0.803. The van der Waals surface area contributed by atoms with Gasteiger partial charge < -0.3 is 9.80 Å². The summed E-state index contributed by atoms with van der Waals surface area (Å²) in [6, 6.07) is 10.3. The number of anilines is 2. The van der Waals surface area contributed by atoms with E-state index >= 15 is 0 Å². The van der Waals surface area contributed by atoms with Crippen molar-refractivity contribution in [2.24, 2.45) is 5.14 Å². The molecule has 1 saturated heterocycles. The van der Waals surface area contributed by atoms with Crippen molar-refractivity contribution in [2.75, 3.05) is 42.2 Å². The predicted molar refractivity (Wildman–Crippen MR) is 111 cm³/mol. The molecule has 0 aromatic heterocycles. The number of piperazine rings is 1. The van der Waals surface area contributed by atoms with Crippen molar-refractivity contribution in [3.05, 3.63) is 47.5 Å². The van der Waals surface area contributed by atoms with E-state index in [1.54, 1.807) is 0 Å². The fraction of sp³-hybridized carbons (Fsp3) is 0.368. The Labute approximate surface area is 166 Å². The minimum absolute atomic E-state index is 0.0146. The maximum Gasteiger partial charge on any atom is 0.238 e. The van der Waals surface area contributed by atoms with E-state index in [2.05, 4.69) is 30.9 Å². The Kier molecular flexibility index (Phi) is 5.44. The SMILES string of the molecule is Cc1cccc(N2CCN(c3ccc(S(N)(=O)=O)cc3S(C)(=O)=O)CC2)c1C. The molecular weight excluding hydrogens is 398 g/mol. The summed E-state index contributed by atoms with van der Waals surface area (Å²) in [7, 11) is -7.60. The Hall–Kier alpha value is -2.10. The van der Waals surface area contributed by atoms with E-state index in [9.17, 15) is 16.8 Å². The lowest BCUT2D eigenvalue weighted by atomic mass is 10.1. The highest BCUT2D eigenvalue weighted by Crippen LogP contribution is 2.30. The molecule has 1 aliphatic rings. The summed E-state index contributed by atoms with van der Waals surface area (Å²) < 4.78 is 47.8. The standard InChI is InChI=1S/C19H25N3O4S2/c1-14-5-4-6-17(15(14)2)21-9-11-22(12-10-21)18-8-7-16(28(20,25)26)13-19(18)27(3,23)24/h4-8,13H,9-12H2,1-3H3,(H2,20,25,26). The van der Waals surface area contributed by atoms with Crippen LogP contribution in [-0.2, 0) is 19.9 Å². The molecule has 9 heteroatoms. The maximum absolute atomic E-state index is 12.3. The number of nitrogens with zero attached hydrogens (tertiary/aromatic N) is 2. The van der Waals surface area contributed by atoms with E-state index in [0.29, 0.717) is 18.8 Å². The normalized spacial score (nSPS) is 15.7. The molecule has 2 N–H and O–H groups in total. The molecule has 0 amide bonds. The van der Waals surface area contributed by atoms with Crippen LogP contribution in [0.15, 0.2) is 46.2 Å². The first-order valence-electron chi connectivity index (χ1n) is 8.91. The lowest BCUT2D eigenvalue weighted by molar-refractivity contribution is 0.596. The third-order valence-corrected chi connectivity index (χ3v) is 7.23. The summed E-state index contributed by atoms with van der Waals surface area (Å²) in [5.41, 5.74) is 4.17. The molecule has 0 unspecified atom stereocenters. The van der Waals surface area contributed by atoms with Gasteiger partial charge in [0.15, 0.2) is 9.84 Å². The Morgan fingerprint density at radius 3 is 1.96 bits per heavy atom. The van der Waals surface area contributed by atoms with E-state index in [-0.39, 0.29) is 9.79 Å². The fourth-order valence-corrected chi connectivity index (χ4v) is 5.03. The minimum Gasteiger partial charge on any atom is -0.368 e. The van der Waals surface area contributed by atoms with Gasteiger partial charge in [-0.15, -0.1) is 0 Å². The average Bonchev–Trinajstić information content (AvgIpc) is 2.62. The van der Waals surface area contributed by atoms with Crippen LogP contribution in [0.4, 0.5) is 11.4 Å². The molecule has 1 fully saturated rings. The number of sulfonamides is 1. The lowest BCUT2D eigenvalue weighted by Crippen LogP contribution is -2.47. The average molecular weight is 424 g/mol. The largest absolute Gasteiger partial charge is 0.368 e. The molecule has 2 aromatic rings. The van der Waals surface area contributed by atoms with Gasteiger partial charge >= 0.3 is 0 Å². The van der Waals surface area contributed by atoms with E-state index < -0.39 is 19.9 Å². The number of primary sulfonamides is 1. The van der Waals surface area contributed by atoms with Gasteiger partial charge in [0.1, 0.15) is 0 Å². The molecule has 0 radical (unpaired) electrons. The molecule has 1 aliphatic heterocycles. The van der Waals surface area contributed by atoms with E-state index in [1.165, 1.54) is 28.9 Å². The van der Waals surface area contributed by atoms with Gasteiger partial charge in [0.25, 0.3) is 0 Å². The Balaban J connectivity index is 1.89. The molecule has 0 bridgehead atoms. The highest BCUT2D eigenvalue weighted by atomic mass is 32.2. The van der Waals surface area contributed by atoms with Gasteiger partial charge in [-0.3, -0.25) is 0 Å². The van der Waals surface area contributed by atoms with Crippen LogP contribution < -0.4 is 14.9 Å². The lowest BCUT2D eigenvalue weighted by Gasteiger charge is -2.38. The van der Waals surface area contributed by atoms with Crippen LogP contribution >= 0.6 is 0 Å². The first-order valence-corrected chi connectivity index (χ1v) is 12.4. The Morgan fingerprint density at radius 2 is 1.43 bits per heavy atom. The van der Waals surface area contributed by atoms with E-state index in [4.69, 9.17) is 5.14 Å². The molecule has 3 rings (SSSR count). The van der Waals surface area contributed by atoms with E-state index in [1.807, 2.05) is 11.0 Å². The monoisotopic (exact) mass is 423 g/mol. The number of nitrogens with two attached hydrogens (primary N) is 1. The number of aryl methyl sites for hydroxylation is 1. The molecule has 7 nitrogen and oxygen atoms in total. The van der Waals surface area contributed by atoms with Crippen molar-refractivity contribution in [3.8, 4) is 0 Å². The topological polar surface area (TPSA) is 101 Å². The van der Waals surface area contributed by atoms with Crippen molar-refractivity contribution in [3.63, 3.8) is 0 Å². The van der Waals surface area contributed by atoms with Gasteiger partial charge in [-0.25, -0.2) is 22.0 Å². The van der Waals surface area contributed by atoms with Gasteiger partial charge in [-0.2, -0.15) is 0 Å².